The van der Waals surface area contributed by atoms with E-state index in [1.807, 2.05) is 0 Å². The maximum Gasteiger partial charge on any atom is 0.208 e. The van der Waals surface area contributed by atoms with Crippen LogP contribution in [0.2, 0.25) is 0 Å². The number of fused-ring (bicyclic) bond motifs is 1. The lowest BCUT2D eigenvalue weighted by Crippen LogP contribution is -1.95. The average Bonchev–Trinajstić information content (AvgIpc) is 2.82. The second-order valence-corrected chi connectivity index (χ2v) is 7.07. The summed E-state index contributed by atoms with van der Waals surface area (Å²) >= 11 is 0. The predicted octanol–water partition coefficient (Wildman–Crippen LogP) is 3.31. The lowest BCUT2D eigenvalue weighted by molar-refractivity contribution is 0.330. The number of phenols is 10. The summed E-state index contributed by atoms with van der Waals surface area (Å²) in [6, 6.07) is 9.08. The van der Waals surface area contributed by atoms with Crippen LogP contribution in [0.25, 0.3) is 21.9 Å². The smallest absolute Gasteiger partial charge is 0.208 e. The van der Waals surface area contributed by atoms with Crippen molar-refractivity contribution in [3.8, 4) is 68.6 Å². The van der Waals surface area contributed by atoms with Crippen molar-refractivity contribution in [2.45, 2.75) is 0 Å². The third kappa shape index (κ3) is 2.98. The van der Waals surface area contributed by atoms with Crippen LogP contribution in [0.5, 0.6) is 57.5 Å². The van der Waals surface area contributed by atoms with Crippen LogP contribution in [0.15, 0.2) is 36.4 Å². The molecule has 0 bridgehead atoms. The van der Waals surface area contributed by atoms with Gasteiger partial charge in [0.2, 0.25) is 34.5 Å². The van der Waals surface area contributed by atoms with Gasteiger partial charge in [-0.2, -0.15) is 0 Å². The fraction of sp³-hybridized carbons (Fsp3) is 0. The van der Waals surface area contributed by atoms with Gasteiger partial charge < -0.3 is 56.4 Å². The molecule has 0 radical (unpaired) electrons. The minimum absolute atomic E-state index is 0.126. The molecule has 4 aromatic carbocycles. The van der Waals surface area contributed by atoms with Crippen LogP contribution >= 0.6 is 0 Å². The molecule has 0 fully saturated rings. The highest BCUT2D eigenvalue weighted by molar-refractivity contribution is 6.07. The molecule has 11 nitrogen and oxygen atoms in total. The lowest BCUT2D eigenvalue weighted by atomic mass is 9.94. The lowest BCUT2D eigenvalue weighted by Gasteiger charge is -2.18. The van der Waals surface area contributed by atoms with E-state index in [1.54, 1.807) is 24.3 Å². The highest BCUT2D eigenvalue weighted by atomic mass is 16.4. The summed E-state index contributed by atoms with van der Waals surface area (Å²) in [5.41, 5.74) is -0.570. The molecule has 0 aromatic heterocycles. The van der Waals surface area contributed by atoms with Gasteiger partial charge in [0.25, 0.3) is 0 Å². The van der Waals surface area contributed by atoms with E-state index >= 15 is 0 Å². The highest BCUT2D eigenvalue weighted by Crippen LogP contribution is 2.57. The van der Waals surface area contributed by atoms with E-state index in [1.165, 1.54) is 12.1 Å². The number of aromatic hydroxyl groups is 10. The molecular formula is C22H17NO10. The quantitative estimate of drug-likeness (QED) is 0.159. The summed E-state index contributed by atoms with van der Waals surface area (Å²) < 4.78 is 0. The Balaban J connectivity index is 1.96. The number of hydrogen-bond donors (Lipinski definition) is 11. The van der Waals surface area contributed by atoms with Crippen LogP contribution in [-0.2, 0) is 0 Å². The Labute approximate surface area is 184 Å². The van der Waals surface area contributed by atoms with Crippen molar-refractivity contribution in [1.29, 1.82) is 0 Å². The molecule has 0 saturated heterocycles. The van der Waals surface area contributed by atoms with E-state index in [9.17, 15) is 51.1 Å². The number of rotatable bonds is 3. The summed E-state index contributed by atoms with van der Waals surface area (Å²) in [6.07, 6.45) is 0. The molecule has 0 amide bonds. The fourth-order valence-electron chi connectivity index (χ4n) is 3.51. The topological polar surface area (TPSA) is 214 Å². The molecule has 0 aliphatic rings. The molecule has 11 heteroatoms. The molecule has 0 atom stereocenters. The number of phenolic OH excluding ortho intramolecular Hbond substituents is 10. The van der Waals surface area contributed by atoms with Crippen LogP contribution in [0, 0.1) is 0 Å². The van der Waals surface area contributed by atoms with Crippen LogP contribution in [0.1, 0.15) is 0 Å². The van der Waals surface area contributed by atoms with E-state index in [0.29, 0.717) is 10.8 Å². The Bertz CT molecular complexity index is 1390. The second-order valence-electron chi connectivity index (χ2n) is 7.07. The molecule has 170 valence electrons. The Morgan fingerprint density at radius 3 is 1.36 bits per heavy atom. The molecule has 0 spiro atoms. The average molecular weight is 455 g/mol. The van der Waals surface area contributed by atoms with E-state index in [4.69, 9.17) is 0 Å². The van der Waals surface area contributed by atoms with Gasteiger partial charge in [-0.05, 0) is 17.0 Å². The number of nitrogens with one attached hydrogen (secondary N) is 1. The van der Waals surface area contributed by atoms with E-state index in [0.717, 1.165) is 0 Å². The van der Waals surface area contributed by atoms with E-state index < -0.39 is 63.2 Å². The van der Waals surface area contributed by atoms with Crippen LogP contribution < -0.4 is 5.32 Å². The third-order valence-corrected chi connectivity index (χ3v) is 5.19. The number of benzene rings is 4. The van der Waals surface area contributed by atoms with Crippen molar-refractivity contribution in [1.82, 2.24) is 0 Å². The molecule has 4 aromatic rings. The predicted molar refractivity (Wildman–Crippen MR) is 116 cm³/mol. The summed E-state index contributed by atoms with van der Waals surface area (Å²) in [6.45, 7) is 0. The van der Waals surface area contributed by atoms with Crippen LogP contribution in [-0.4, -0.2) is 51.1 Å². The normalized spacial score (nSPS) is 11.0. The summed E-state index contributed by atoms with van der Waals surface area (Å²) in [4.78, 5) is 0. The van der Waals surface area contributed by atoms with Crippen molar-refractivity contribution < 1.29 is 51.1 Å². The number of hydrogen-bond acceptors (Lipinski definition) is 11. The minimum Gasteiger partial charge on any atom is -0.504 e. The van der Waals surface area contributed by atoms with Crippen LogP contribution in [0.3, 0.4) is 0 Å². The largest absolute Gasteiger partial charge is 0.504 e. The highest BCUT2D eigenvalue weighted by Gasteiger charge is 2.27. The van der Waals surface area contributed by atoms with Gasteiger partial charge >= 0.3 is 0 Å². The van der Waals surface area contributed by atoms with Crippen molar-refractivity contribution in [2.24, 2.45) is 0 Å². The minimum atomic E-state index is -1.12. The molecule has 0 unspecified atom stereocenters. The van der Waals surface area contributed by atoms with Gasteiger partial charge in [0.05, 0.1) is 5.56 Å². The summed E-state index contributed by atoms with van der Waals surface area (Å²) in [5, 5.41) is 103. The summed E-state index contributed by atoms with van der Waals surface area (Å²) in [5.74, 6) is -10.1. The molecule has 0 aliphatic carbocycles. The summed E-state index contributed by atoms with van der Waals surface area (Å²) in [7, 11) is 0. The maximum atomic E-state index is 10.3. The van der Waals surface area contributed by atoms with Gasteiger partial charge in [-0.15, -0.1) is 0 Å². The Hall–Kier alpha value is -5.06. The Morgan fingerprint density at radius 1 is 0.424 bits per heavy atom. The first kappa shape index (κ1) is 21.2. The van der Waals surface area contributed by atoms with Gasteiger partial charge in [-0.1, -0.05) is 30.3 Å². The molecule has 0 heterocycles. The van der Waals surface area contributed by atoms with E-state index in [-0.39, 0.29) is 16.8 Å². The van der Waals surface area contributed by atoms with Crippen LogP contribution in [0.4, 0.5) is 11.4 Å². The molecule has 11 N–H and O–H groups in total. The Morgan fingerprint density at radius 2 is 0.848 bits per heavy atom. The number of anilines is 2. The molecule has 0 saturated carbocycles. The van der Waals surface area contributed by atoms with Crippen molar-refractivity contribution in [3.63, 3.8) is 0 Å². The van der Waals surface area contributed by atoms with Gasteiger partial charge in [-0.25, -0.2) is 0 Å². The molecule has 4 rings (SSSR count). The van der Waals surface area contributed by atoms with Gasteiger partial charge in [0.1, 0.15) is 5.69 Å². The second kappa shape index (κ2) is 7.27. The van der Waals surface area contributed by atoms with Crippen molar-refractivity contribution in [2.75, 3.05) is 5.32 Å². The third-order valence-electron chi connectivity index (χ3n) is 5.19. The standard InChI is InChI=1S/C22H17NO10/c24-13-11(14(25)18(29)21(32)17(13)28)9-5-6-10(8-4-2-1-3-7(8)9)23-12-15(26)19(30)22(33)20(31)16(12)27/h1-6,23-33H. The first-order valence-corrected chi connectivity index (χ1v) is 9.22. The monoisotopic (exact) mass is 455 g/mol. The first-order chi connectivity index (χ1) is 15.6. The zero-order valence-corrected chi connectivity index (χ0v) is 16.4. The molecule has 0 aliphatic heterocycles. The molecular weight excluding hydrogens is 438 g/mol. The zero-order chi connectivity index (χ0) is 24.2. The van der Waals surface area contributed by atoms with Gasteiger partial charge in [0.15, 0.2) is 23.0 Å². The van der Waals surface area contributed by atoms with Crippen molar-refractivity contribution in [3.05, 3.63) is 36.4 Å². The van der Waals surface area contributed by atoms with E-state index in [2.05, 4.69) is 5.32 Å². The van der Waals surface area contributed by atoms with Gasteiger partial charge in [0, 0.05) is 11.1 Å². The van der Waals surface area contributed by atoms with Gasteiger partial charge in [-0.3, -0.25) is 0 Å². The van der Waals surface area contributed by atoms with Crippen molar-refractivity contribution >= 4 is 22.1 Å². The SMILES string of the molecule is Oc1c(O)c(O)c(Nc2ccc(-c3c(O)c(O)c(O)c(O)c3O)c3ccccc23)c(O)c1O. The Kier molecular flexibility index (Phi) is 4.67. The first-order valence-electron chi connectivity index (χ1n) is 9.22. The molecule has 33 heavy (non-hydrogen) atoms. The zero-order valence-electron chi connectivity index (χ0n) is 16.4. The maximum absolute atomic E-state index is 10.3. The fourth-order valence-corrected chi connectivity index (χ4v) is 3.51.